The van der Waals surface area contributed by atoms with Gasteiger partial charge in [-0.05, 0) is 75.7 Å². The van der Waals surface area contributed by atoms with Crippen LogP contribution < -0.4 is 0 Å². The maximum atomic E-state index is 3.69. The molecule has 2 heteroatoms. The number of likely N-dealkylation sites (tertiary alicyclic amines) is 1. The van der Waals surface area contributed by atoms with E-state index in [-0.39, 0.29) is 0 Å². The molecule has 1 aliphatic carbocycles. The second kappa shape index (κ2) is 6.99. The van der Waals surface area contributed by atoms with Gasteiger partial charge in [0.1, 0.15) is 0 Å². The van der Waals surface area contributed by atoms with Crippen LogP contribution in [0.25, 0.3) is 16.5 Å². The zero-order valence-corrected chi connectivity index (χ0v) is 15.9. The molecule has 25 heavy (non-hydrogen) atoms. The van der Waals surface area contributed by atoms with Crippen LogP contribution in [0.1, 0.15) is 69.5 Å². The van der Waals surface area contributed by atoms with E-state index in [1.54, 1.807) is 5.57 Å². The number of hydrogen-bond acceptors (Lipinski definition) is 1. The number of aromatic nitrogens is 1. The molecule has 134 valence electrons. The number of unbranched alkanes of at least 4 members (excludes halogenated alkanes) is 1. The molecule has 0 amide bonds. The van der Waals surface area contributed by atoms with Crippen molar-refractivity contribution in [2.45, 2.75) is 70.8 Å². The molecule has 1 aromatic heterocycles. The summed E-state index contributed by atoms with van der Waals surface area (Å²) in [5, 5.41) is 1.38. The van der Waals surface area contributed by atoms with Crippen LogP contribution in [0.2, 0.25) is 0 Å². The zero-order chi connectivity index (χ0) is 17.3. The molecule has 1 atom stereocenters. The monoisotopic (exact) mass is 336 g/mol. The van der Waals surface area contributed by atoms with Crippen LogP contribution in [0.3, 0.4) is 0 Å². The van der Waals surface area contributed by atoms with Gasteiger partial charge in [0.05, 0.1) is 0 Å². The van der Waals surface area contributed by atoms with Crippen molar-refractivity contribution in [3.63, 3.8) is 0 Å². The third-order valence-electron chi connectivity index (χ3n) is 6.65. The lowest BCUT2D eigenvalue weighted by Gasteiger charge is -2.44. The second-order valence-corrected chi connectivity index (χ2v) is 8.13. The Morgan fingerprint density at radius 2 is 1.96 bits per heavy atom. The van der Waals surface area contributed by atoms with Gasteiger partial charge in [0, 0.05) is 22.1 Å². The van der Waals surface area contributed by atoms with Crippen molar-refractivity contribution in [3.05, 3.63) is 41.6 Å². The van der Waals surface area contributed by atoms with Crippen LogP contribution in [0, 0.1) is 6.92 Å². The van der Waals surface area contributed by atoms with Gasteiger partial charge in [-0.3, -0.25) is 4.90 Å². The summed E-state index contributed by atoms with van der Waals surface area (Å²) in [6, 6.07) is 8.71. The predicted molar refractivity (Wildman–Crippen MR) is 108 cm³/mol. The molecule has 2 heterocycles. The number of aromatic amines is 1. The fourth-order valence-electron chi connectivity index (χ4n) is 5.08. The van der Waals surface area contributed by atoms with Crippen molar-refractivity contribution in [2.24, 2.45) is 0 Å². The summed E-state index contributed by atoms with van der Waals surface area (Å²) in [5.41, 5.74) is 6.06. The number of benzene rings is 1. The van der Waals surface area contributed by atoms with Gasteiger partial charge >= 0.3 is 0 Å². The Bertz CT molecular complexity index is 763. The lowest BCUT2D eigenvalue weighted by atomic mass is 9.77. The summed E-state index contributed by atoms with van der Waals surface area (Å²) in [6.45, 7) is 7.24. The minimum absolute atomic E-state index is 0.440. The van der Waals surface area contributed by atoms with E-state index in [0.29, 0.717) is 5.54 Å². The van der Waals surface area contributed by atoms with Crippen molar-refractivity contribution >= 4 is 16.5 Å². The number of hydrogen-bond donors (Lipinski definition) is 1. The number of para-hydroxylation sites is 1. The van der Waals surface area contributed by atoms with E-state index >= 15 is 0 Å². The number of rotatable bonds is 5. The minimum Gasteiger partial charge on any atom is -0.355 e. The van der Waals surface area contributed by atoms with Gasteiger partial charge in [-0.15, -0.1) is 0 Å². The zero-order valence-electron chi connectivity index (χ0n) is 15.9. The van der Waals surface area contributed by atoms with Gasteiger partial charge in [0.15, 0.2) is 0 Å². The Hall–Kier alpha value is -1.54. The minimum atomic E-state index is 0.440. The molecule has 2 aliphatic rings. The van der Waals surface area contributed by atoms with Crippen molar-refractivity contribution in [1.29, 1.82) is 0 Å². The number of H-pyrrole nitrogens is 1. The number of allylic oxidation sites excluding steroid dienone is 1. The molecule has 1 aromatic carbocycles. The molecule has 1 aliphatic heterocycles. The van der Waals surface area contributed by atoms with Crippen LogP contribution in [-0.4, -0.2) is 28.5 Å². The highest BCUT2D eigenvalue weighted by molar-refractivity contribution is 5.89. The highest BCUT2D eigenvalue weighted by Crippen LogP contribution is 2.42. The van der Waals surface area contributed by atoms with Gasteiger partial charge < -0.3 is 4.98 Å². The fraction of sp³-hybridized carbons (Fsp3) is 0.565. The standard InChI is InChI=1S/C23H32N2/c1-3-4-13-23(25-16-7-8-17-25)14-11-19(12-15-23)22-18(2)20-9-5-6-10-21(20)24-22/h5-6,9-11,24H,3-4,7-8,12-17H2,1-2H3. The Morgan fingerprint density at radius 3 is 2.64 bits per heavy atom. The molecule has 0 spiro atoms. The fourth-order valence-corrected chi connectivity index (χ4v) is 5.08. The summed E-state index contributed by atoms with van der Waals surface area (Å²) < 4.78 is 0. The van der Waals surface area contributed by atoms with E-state index in [0.717, 1.165) is 0 Å². The SMILES string of the molecule is CCCCC1(N2CCCC2)CC=C(c2[nH]c3ccccc3c2C)CC1. The molecule has 0 bridgehead atoms. The van der Waals surface area contributed by atoms with Crippen molar-refractivity contribution in [3.8, 4) is 0 Å². The first kappa shape index (κ1) is 16.9. The molecule has 0 radical (unpaired) electrons. The van der Waals surface area contributed by atoms with Crippen LogP contribution in [0.5, 0.6) is 0 Å². The molecular formula is C23H32N2. The van der Waals surface area contributed by atoms with Crippen LogP contribution >= 0.6 is 0 Å². The van der Waals surface area contributed by atoms with E-state index in [9.17, 15) is 0 Å². The van der Waals surface area contributed by atoms with Crippen molar-refractivity contribution in [1.82, 2.24) is 9.88 Å². The molecule has 1 unspecified atom stereocenters. The van der Waals surface area contributed by atoms with Gasteiger partial charge in [0.25, 0.3) is 0 Å². The van der Waals surface area contributed by atoms with Crippen LogP contribution in [0.4, 0.5) is 0 Å². The number of aryl methyl sites for hydroxylation is 1. The number of nitrogens with one attached hydrogen (secondary N) is 1. The molecular weight excluding hydrogens is 304 g/mol. The van der Waals surface area contributed by atoms with Crippen LogP contribution in [0.15, 0.2) is 30.3 Å². The average molecular weight is 337 g/mol. The van der Waals surface area contributed by atoms with Gasteiger partial charge in [-0.2, -0.15) is 0 Å². The maximum Gasteiger partial charge on any atom is 0.0461 e. The molecule has 4 rings (SSSR count). The third kappa shape index (κ3) is 3.06. The molecule has 1 fully saturated rings. The van der Waals surface area contributed by atoms with Crippen molar-refractivity contribution < 1.29 is 0 Å². The predicted octanol–water partition coefficient (Wildman–Crippen LogP) is 6.07. The Kier molecular flexibility index (Phi) is 4.73. The van der Waals surface area contributed by atoms with Crippen molar-refractivity contribution in [2.75, 3.05) is 13.1 Å². The van der Waals surface area contributed by atoms with E-state index in [2.05, 4.69) is 54.1 Å². The third-order valence-corrected chi connectivity index (χ3v) is 6.65. The molecule has 1 N–H and O–H groups in total. The lowest BCUT2D eigenvalue weighted by molar-refractivity contribution is 0.0930. The Morgan fingerprint density at radius 1 is 1.16 bits per heavy atom. The average Bonchev–Trinajstić information content (AvgIpc) is 3.30. The summed E-state index contributed by atoms with van der Waals surface area (Å²) in [5.74, 6) is 0. The first-order chi connectivity index (χ1) is 12.2. The molecule has 2 aromatic rings. The van der Waals surface area contributed by atoms with E-state index in [1.165, 1.54) is 86.6 Å². The quantitative estimate of drug-likeness (QED) is 0.702. The smallest absolute Gasteiger partial charge is 0.0461 e. The highest BCUT2D eigenvalue weighted by atomic mass is 15.2. The van der Waals surface area contributed by atoms with E-state index < -0.39 is 0 Å². The molecule has 0 saturated carbocycles. The summed E-state index contributed by atoms with van der Waals surface area (Å²) in [7, 11) is 0. The molecule has 1 saturated heterocycles. The summed E-state index contributed by atoms with van der Waals surface area (Å²) in [6.07, 6.45) is 13.2. The van der Waals surface area contributed by atoms with Crippen LogP contribution in [-0.2, 0) is 0 Å². The Labute approximate surface area is 152 Å². The normalized spacial score (nSPS) is 24.8. The topological polar surface area (TPSA) is 19.0 Å². The maximum absolute atomic E-state index is 3.69. The van der Waals surface area contributed by atoms with E-state index in [1.807, 2.05) is 0 Å². The highest BCUT2D eigenvalue weighted by Gasteiger charge is 2.38. The largest absolute Gasteiger partial charge is 0.355 e. The van der Waals surface area contributed by atoms with Gasteiger partial charge in [-0.1, -0.05) is 44.0 Å². The number of nitrogens with zero attached hydrogens (tertiary/aromatic N) is 1. The number of fused-ring (bicyclic) bond motifs is 1. The first-order valence-corrected chi connectivity index (χ1v) is 10.3. The second-order valence-electron chi connectivity index (χ2n) is 8.13. The lowest BCUT2D eigenvalue weighted by Crippen LogP contribution is -2.48. The summed E-state index contributed by atoms with van der Waals surface area (Å²) in [4.78, 5) is 6.52. The van der Waals surface area contributed by atoms with Gasteiger partial charge in [-0.25, -0.2) is 0 Å². The Balaban J connectivity index is 1.61. The summed E-state index contributed by atoms with van der Waals surface area (Å²) >= 11 is 0. The molecule has 2 nitrogen and oxygen atoms in total. The van der Waals surface area contributed by atoms with E-state index in [4.69, 9.17) is 0 Å². The first-order valence-electron chi connectivity index (χ1n) is 10.3. The van der Waals surface area contributed by atoms with Gasteiger partial charge in [0.2, 0.25) is 0 Å².